The Hall–Kier alpha value is -1.16. The molecule has 0 radical (unpaired) electrons. The van der Waals surface area contributed by atoms with Gasteiger partial charge < -0.3 is 20.6 Å². The van der Waals surface area contributed by atoms with E-state index in [0.29, 0.717) is 30.7 Å². The van der Waals surface area contributed by atoms with Gasteiger partial charge in [0.05, 0.1) is 0 Å². The first-order chi connectivity index (χ1) is 13.0. The Labute approximate surface area is 185 Å². The lowest BCUT2D eigenvalue weighted by Crippen LogP contribution is -2.45. The van der Waals surface area contributed by atoms with Crippen LogP contribution < -0.4 is 15.5 Å². The van der Waals surface area contributed by atoms with Gasteiger partial charge in [-0.05, 0) is 50.2 Å². The minimum Gasteiger partial charge on any atom is -0.396 e. The van der Waals surface area contributed by atoms with Gasteiger partial charge in [0.25, 0.3) is 0 Å². The average molecular weight is 507 g/mol. The molecule has 1 aromatic rings. The highest BCUT2D eigenvalue weighted by molar-refractivity contribution is 14.0. The van der Waals surface area contributed by atoms with Crippen LogP contribution in [0.15, 0.2) is 23.3 Å². The lowest BCUT2D eigenvalue weighted by atomic mass is 9.94. The standard InChI is InChI=1S/C20H34FN5O.HI/c1-4-22-20(24-13-16(8-11-27)12-15(2)3)25-17-7-10-26(14-17)19-18(21)6-5-9-23-19;/h5-6,9,15-17,27H,4,7-8,10-14H2,1-3H3,(H2,22,24,25);1H. The fourth-order valence-corrected chi connectivity index (χ4v) is 3.55. The summed E-state index contributed by atoms with van der Waals surface area (Å²) in [6, 6.07) is 3.26. The van der Waals surface area contributed by atoms with Crippen molar-refractivity contribution in [1.29, 1.82) is 0 Å². The molecule has 160 valence electrons. The van der Waals surface area contributed by atoms with Crippen molar-refractivity contribution < 1.29 is 9.50 Å². The minimum absolute atomic E-state index is 0. The molecule has 2 atom stereocenters. The molecule has 0 aromatic carbocycles. The lowest BCUT2D eigenvalue weighted by molar-refractivity contribution is 0.245. The number of hydrogen-bond acceptors (Lipinski definition) is 4. The van der Waals surface area contributed by atoms with Gasteiger partial charge in [0, 0.05) is 45.0 Å². The van der Waals surface area contributed by atoms with Crippen molar-refractivity contribution >= 4 is 35.8 Å². The van der Waals surface area contributed by atoms with Crippen LogP contribution in [0.1, 0.15) is 40.0 Å². The topological polar surface area (TPSA) is 72.8 Å². The fraction of sp³-hybridized carbons (Fsp3) is 0.700. The first-order valence-corrected chi connectivity index (χ1v) is 10.0. The molecule has 0 spiro atoms. The van der Waals surface area contributed by atoms with E-state index in [0.717, 1.165) is 38.3 Å². The maximum atomic E-state index is 14.0. The second-order valence-corrected chi connectivity index (χ2v) is 7.61. The zero-order valence-electron chi connectivity index (χ0n) is 17.2. The number of nitrogens with zero attached hydrogens (tertiary/aromatic N) is 3. The van der Waals surface area contributed by atoms with Gasteiger partial charge in [-0.2, -0.15) is 0 Å². The predicted molar refractivity (Wildman–Crippen MR) is 124 cm³/mol. The van der Waals surface area contributed by atoms with E-state index in [1.807, 2.05) is 11.8 Å². The Kier molecular flexibility index (Phi) is 11.7. The molecule has 1 saturated heterocycles. The maximum Gasteiger partial charge on any atom is 0.191 e. The molecular formula is C20H35FIN5O. The molecule has 1 aromatic heterocycles. The van der Waals surface area contributed by atoms with Gasteiger partial charge in [-0.1, -0.05) is 13.8 Å². The van der Waals surface area contributed by atoms with E-state index in [9.17, 15) is 9.50 Å². The molecule has 2 unspecified atom stereocenters. The molecule has 2 heterocycles. The molecule has 8 heteroatoms. The van der Waals surface area contributed by atoms with E-state index >= 15 is 0 Å². The maximum absolute atomic E-state index is 14.0. The summed E-state index contributed by atoms with van der Waals surface area (Å²) in [5, 5.41) is 16.1. The zero-order valence-corrected chi connectivity index (χ0v) is 19.5. The fourth-order valence-electron chi connectivity index (χ4n) is 3.55. The predicted octanol–water partition coefficient (Wildman–Crippen LogP) is 3.02. The average Bonchev–Trinajstić information content (AvgIpc) is 3.08. The van der Waals surface area contributed by atoms with Crippen LogP contribution in [0.25, 0.3) is 0 Å². The third-order valence-electron chi connectivity index (χ3n) is 4.76. The molecule has 6 nitrogen and oxygen atoms in total. The molecular weight excluding hydrogens is 472 g/mol. The number of hydrogen-bond donors (Lipinski definition) is 3. The SMILES string of the molecule is CCNC(=NCC(CCO)CC(C)C)NC1CCN(c2ncccc2F)C1.I. The van der Waals surface area contributed by atoms with Crippen molar-refractivity contribution in [2.75, 3.05) is 37.7 Å². The van der Waals surface area contributed by atoms with Crippen LogP contribution in [0.5, 0.6) is 0 Å². The monoisotopic (exact) mass is 507 g/mol. The Morgan fingerprint density at radius 1 is 1.46 bits per heavy atom. The first kappa shape index (κ1) is 24.9. The van der Waals surface area contributed by atoms with Crippen LogP contribution in [0, 0.1) is 17.7 Å². The van der Waals surface area contributed by atoms with E-state index in [4.69, 9.17) is 4.99 Å². The van der Waals surface area contributed by atoms with Gasteiger partial charge in [-0.25, -0.2) is 9.37 Å². The van der Waals surface area contributed by atoms with E-state index < -0.39 is 0 Å². The molecule has 3 N–H and O–H groups in total. The number of aliphatic imine (C=N–C) groups is 1. The number of aliphatic hydroxyl groups excluding tert-OH is 1. The molecule has 0 amide bonds. The minimum atomic E-state index is -0.278. The molecule has 0 bridgehead atoms. The Morgan fingerprint density at radius 3 is 2.89 bits per heavy atom. The zero-order chi connectivity index (χ0) is 19.6. The summed E-state index contributed by atoms with van der Waals surface area (Å²) >= 11 is 0. The highest BCUT2D eigenvalue weighted by Gasteiger charge is 2.26. The van der Waals surface area contributed by atoms with Crippen LogP contribution in [-0.2, 0) is 0 Å². The van der Waals surface area contributed by atoms with E-state index in [1.54, 1.807) is 12.3 Å². The second-order valence-electron chi connectivity index (χ2n) is 7.61. The smallest absolute Gasteiger partial charge is 0.191 e. The van der Waals surface area contributed by atoms with Crippen molar-refractivity contribution in [2.45, 2.75) is 46.1 Å². The highest BCUT2D eigenvalue weighted by atomic mass is 127. The van der Waals surface area contributed by atoms with E-state index in [2.05, 4.69) is 29.5 Å². The molecule has 2 rings (SSSR count). The van der Waals surface area contributed by atoms with Crippen LogP contribution in [-0.4, -0.2) is 54.9 Å². The summed E-state index contributed by atoms with van der Waals surface area (Å²) in [4.78, 5) is 10.9. The number of rotatable bonds is 9. The number of guanidine groups is 1. The summed E-state index contributed by atoms with van der Waals surface area (Å²) in [6.07, 6.45) is 4.37. The lowest BCUT2D eigenvalue weighted by Gasteiger charge is -2.21. The van der Waals surface area contributed by atoms with Gasteiger partial charge in [-0.3, -0.25) is 4.99 Å². The normalized spacial score (nSPS) is 18.1. The van der Waals surface area contributed by atoms with Gasteiger partial charge in [-0.15, -0.1) is 24.0 Å². The Morgan fingerprint density at radius 2 is 2.25 bits per heavy atom. The number of nitrogens with one attached hydrogen (secondary N) is 2. The number of halogens is 2. The summed E-state index contributed by atoms with van der Waals surface area (Å²) in [6.45, 7) is 9.58. The largest absolute Gasteiger partial charge is 0.396 e. The number of aromatic nitrogens is 1. The summed E-state index contributed by atoms with van der Waals surface area (Å²) in [5.41, 5.74) is 0. The Balaban J connectivity index is 0.00000392. The van der Waals surface area contributed by atoms with Gasteiger partial charge >= 0.3 is 0 Å². The van der Waals surface area contributed by atoms with Crippen LogP contribution in [0.4, 0.5) is 10.2 Å². The third-order valence-corrected chi connectivity index (χ3v) is 4.76. The molecule has 1 aliphatic heterocycles. The molecule has 28 heavy (non-hydrogen) atoms. The molecule has 0 saturated carbocycles. The number of aliphatic hydroxyl groups is 1. The number of pyridine rings is 1. The van der Waals surface area contributed by atoms with Crippen molar-refractivity contribution in [1.82, 2.24) is 15.6 Å². The summed E-state index contributed by atoms with van der Waals surface area (Å²) in [7, 11) is 0. The third kappa shape index (κ3) is 8.06. The van der Waals surface area contributed by atoms with E-state index in [1.165, 1.54) is 6.07 Å². The molecule has 1 fully saturated rings. The number of anilines is 1. The van der Waals surface area contributed by atoms with Crippen LogP contribution >= 0.6 is 24.0 Å². The van der Waals surface area contributed by atoms with Gasteiger partial charge in [0.1, 0.15) is 0 Å². The Bertz CT molecular complexity index is 602. The molecule has 0 aliphatic carbocycles. The van der Waals surface area contributed by atoms with Gasteiger partial charge in [0.15, 0.2) is 17.6 Å². The highest BCUT2D eigenvalue weighted by Crippen LogP contribution is 2.21. The first-order valence-electron chi connectivity index (χ1n) is 10.0. The van der Waals surface area contributed by atoms with Crippen LogP contribution in [0.3, 0.4) is 0 Å². The molecule has 1 aliphatic rings. The van der Waals surface area contributed by atoms with Gasteiger partial charge in [0.2, 0.25) is 0 Å². The van der Waals surface area contributed by atoms with Crippen molar-refractivity contribution in [3.8, 4) is 0 Å². The quantitative estimate of drug-likeness (QED) is 0.272. The second kappa shape index (κ2) is 13.1. The summed E-state index contributed by atoms with van der Waals surface area (Å²) in [5.74, 6) is 1.90. The van der Waals surface area contributed by atoms with E-state index in [-0.39, 0.29) is 42.4 Å². The van der Waals surface area contributed by atoms with Crippen molar-refractivity contribution in [3.05, 3.63) is 24.1 Å². The summed E-state index contributed by atoms with van der Waals surface area (Å²) < 4.78 is 14.0. The van der Waals surface area contributed by atoms with Crippen molar-refractivity contribution in [2.24, 2.45) is 16.8 Å². The van der Waals surface area contributed by atoms with Crippen molar-refractivity contribution in [3.63, 3.8) is 0 Å². The van der Waals surface area contributed by atoms with Crippen LogP contribution in [0.2, 0.25) is 0 Å².